The van der Waals surface area contributed by atoms with Gasteiger partial charge in [0.15, 0.2) is 17.1 Å². The van der Waals surface area contributed by atoms with Gasteiger partial charge in [-0.15, -0.1) is 0 Å². The fraction of sp³-hybridized carbons (Fsp3) is 0.240. The summed E-state index contributed by atoms with van der Waals surface area (Å²) in [7, 11) is 0. The predicted octanol–water partition coefficient (Wildman–Crippen LogP) is 5.50. The van der Waals surface area contributed by atoms with Crippen molar-refractivity contribution in [1.29, 1.82) is 0 Å². The number of ether oxygens (including phenoxy) is 2. The highest BCUT2D eigenvalue weighted by Crippen LogP contribution is 2.42. The molecule has 0 radical (unpaired) electrons. The van der Waals surface area contributed by atoms with Crippen LogP contribution in [0.15, 0.2) is 64.5 Å². The molecule has 168 valence electrons. The monoisotopic (exact) mass is 460 g/mol. The Morgan fingerprint density at radius 1 is 1.09 bits per heavy atom. The Kier molecular flexibility index (Phi) is 5.68. The first kappa shape index (κ1) is 21.3. The van der Waals surface area contributed by atoms with E-state index in [4.69, 9.17) is 9.47 Å². The summed E-state index contributed by atoms with van der Waals surface area (Å²) >= 11 is 1.56. The molecule has 1 aliphatic heterocycles. The van der Waals surface area contributed by atoms with Gasteiger partial charge >= 0.3 is 0 Å². The Bertz CT molecular complexity index is 1330. The molecule has 1 amide bonds. The third-order valence-electron chi connectivity index (χ3n) is 5.36. The molecule has 5 rings (SSSR count). The fourth-order valence-electron chi connectivity index (χ4n) is 3.73. The summed E-state index contributed by atoms with van der Waals surface area (Å²) < 4.78 is 13.4. The van der Waals surface area contributed by atoms with Crippen LogP contribution < -0.4 is 14.8 Å². The molecule has 7 nitrogen and oxygen atoms in total. The normalized spacial score (nSPS) is 12.8. The molecule has 0 unspecified atom stereocenters. The second kappa shape index (κ2) is 8.78. The Hall–Kier alpha value is -3.52. The molecule has 0 atom stereocenters. The Balaban J connectivity index is 1.50. The van der Waals surface area contributed by atoms with Gasteiger partial charge in [-0.2, -0.15) is 5.10 Å². The maximum atomic E-state index is 13.3. The van der Waals surface area contributed by atoms with E-state index in [9.17, 15) is 4.79 Å². The zero-order valence-electron chi connectivity index (χ0n) is 18.7. The number of rotatable bonds is 5. The van der Waals surface area contributed by atoms with Crippen molar-refractivity contribution < 1.29 is 14.3 Å². The van der Waals surface area contributed by atoms with E-state index in [1.54, 1.807) is 18.0 Å². The van der Waals surface area contributed by atoms with Gasteiger partial charge in [0.1, 0.15) is 13.2 Å². The summed E-state index contributed by atoms with van der Waals surface area (Å²) in [6, 6.07) is 15.8. The molecular formula is C25H24N4O3S. The van der Waals surface area contributed by atoms with Crippen LogP contribution in [-0.2, 0) is 0 Å². The van der Waals surface area contributed by atoms with Crippen molar-refractivity contribution >= 4 is 34.4 Å². The second-order valence-corrected chi connectivity index (χ2v) is 9.19. The fourth-order valence-corrected chi connectivity index (χ4v) is 4.66. The highest BCUT2D eigenvalue weighted by atomic mass is 32.2. The lowest BCUT2D eigenvalue weighted by Crippen LogP contribution is -2.18. The number of carbonyl (C=O) groups is 1. The quantitative estimate of drug-likeness (QED) is 0.424. The van der Waals surface area contributed by atoms with E-state index in [1.807, 2.05) is 60.1 Å². The molecule has 0 bridgehead atoms. The number of nitrogens with zero attached hydrogens (tertiary/aromatic N) is 3. The number of amides is 1. The van der Waals surface area contributed by atoms with Crippen LogP contribution in [0.5, 0.6) is 11.5 Å². The van der Waals surface area contributed by atoms with Crippen LogP contribution in [-0.4, -0.2) is 33.9 Å². The van der Waals surface area contributed by atoms with Crippen molar-refractivity contribution in [2.45, 2.75) is 36.6 Å². The first-order chi connectivity index (χ1) is 16.0. The Morgan fingerprint density at radius 3 is 2.55 bits per heavy atom. The Morgan fingerprint density at radius 2 is 1.82 bits per heavy atom. The molecule has 3 heterocycles. The van der Waals surface area contributed by atoms with Crippen LogP contribution in [0, 0.1) is 6.92 Å². The number of hydrogen-bond acceptors (Lipinski definition) is 6. The van der Waals surface area contributed by atoms with Gasteiger partial charge in [-0.25, -0.2) is 9.67 Å². The number of pyridine rings is 1. The number of anilines is 1. The highest BCUT2D eigenvalue weighted by Gasteiger charge is 2.20. The van der Waals surface area contributed by atoms with E-state index < -0.39 is 0 Å². The standard InChI is InChI=1S/C25H24N4O3S/c1-15(2)29-24-17(14-26-29)11-19(16(3)27-24)25(30)28-20-12-21-22(32-10-9-31-21)13-23(20)33-18-7-5-4-6-8-18/h4-8,11-15H,9-10H2,1-3H3,(H,28,30). The summed E-state index contributed by atoms with van der Waals surface area (Å²) in [6.07, 6.45) is 1.75. The minimum absolute atomic E-state index is 0.185. The Labute approximate surface area is 196 Å². The summed E-state index contributed by atoms with van der Waals surface area (Å²) in [5, 5.41) is 8.32. The van der Waals surface area contributed by atoms with Crippen LogP contribution in [0.25, 0.3) is 11.0 Å². The minimum atomic E-state index is -0.231. The number of aromatic nitrogens is 3. The van der Waals surface area contributed by atoms with Crippen LogP contribution in [0.1, 0.15) is 35.9 Å². The maximum absolute atomic E-state index is 13.3. The molecule has 0 aliphatic carbocycles. The third-order valence-corrected chi connectivity index (χ3v) is 6.42. The van der Waals surface area contributed by atoms with E-state index >= 15 is 0 Å². The molecule has 2 aromatic heterocycles. The zero-order chi connectivity index (χ0) is 22.9. The lowest BCUT2D eigenvalue weighted by atomic mass is 10.1. The number of fused-ring (bicyclic) bond motifs is 2. The SMILES string of the molecule is Cc1nc2c(cnn2C(C)C)cc1C(=O)Nc1cc2c(cc1Sc1ccccc1)OCCO2. The van der Waals surface area contributed by atoms with Crippen molar-refractivity contribution in [3.05, 3.63) is 66.0 Å². The third kappa shape index (κ3) is 4.26. The van der Waals surface area contributed by atoms with E-state index in [1.165, 1.54) is 0 Å². The molecule has 1 N–H and O–H groups in total. The van der Waals surface area contributed by atoms with Gasteiger partial charge in [0, 0.05) is 33.4 Å². The molecule has 33 heavy (non-hydrogen) atoms. The molecule has 2 aromatic carbocycles. The van der Waals surface area contributed by atoms with Crippen LogP contribution in [0.4, 0.5) is 5.69 Å². The smallest absolute Gasteiger partial charge is 0.257 e. The molecule has 1 aliphatic rings. The largest absolute Gasteiger partial charge is 0.486 e. The number of nitrogens with one attached hydrogen (secondary N) is 1. The van der Waals surface area contributed by atoms with Crippen molar-refractivity contribution in [1.82, 2.24) is 14.8 Å². The van der Waals surface area contributed by atoms with Crippen molar-refractivity contribution in [2.24, 2.45) is 0 Å². The summed E-state index contributed by atoms with van der Waals surface area (Å²) in [4.78, 5) is 19.9. The highest BCUT2D eigenvalue weighted by molar-refractivity contribution is 7.99. The van der Waals surface area contributed by atoms with Crippen molar-refractivity contribution in [3.63, 3.8) is 0 Å². The second-order valence-electron chi connectivity index (χ2n) is 8.08. The number of benzene rings is 2. The predicted molar refractivity (Wildman–Crippen MR) is 129 cm³/mol. The van der Waals surface area contributed by atoms with Crippen LogP contribution in [0.2, 0.25) is 0 Å². The molecule has 0 saturated carbocycles. The van der Waals surface area contributed by atoms with Crippen molar-refractivity contribution in [2.75, 3.05) is 18.5 Å². The molecule has 0 fully saturated rings. The van der Waals surface area contributed by atoms with Gasteiger partial charge in [-0.3, -0.25) is 4.79 Å². The molecular weight excluding hydrogens is 436 g/mol. The average Bonchev–Trinajstić information content (AvgIpc) is 3.22. The lowest BCUT2D eigenvalue weighted by molar-refractivity contribution is 0.102. The van der Waals surface area contributed by atoms with Crippen molar-refractivity contribution in [3.8, 4) is 11.5 Å². The minimum Gasteiger partial charge on any atom is -0.486 e. The van der Waals surface area contributed by atoms with Crippen LogP contribution >= 0.6 is 11.8 Å². The van der Waals surface area contributed by atoms with E-state index in [0.29, 0.717) is 41.7 Å². The lowest BCUT2D eigenvalue weighted by Gasteiger charge is -2.21. The van der Waals surface area contributed by atoms with E-state index in [0.717, 1.165) is 20.8 Å². The summed E-state index contributed by atoms with van der Waals surface area (Å²) in [5.74, 6) is 1.07. The van der Waals surface area contributed by atoms with E-state index in [-0.39, 0.29) is 11.9 Å². The average molecular weight is 461 g/mol. The van der Waals surface area contributed by atoms with Gasteiger partial charge in [0.2, 0.25) is 0 Å². The molecule has 8 heteroatoms. The van der Waals surface area contributed by atoms with Gasteiger partial charge in [0.05, 0.1) is 23.1 Å². The number of hydrogen-bond donors (Lipinski definition) is 1. The van der Waals surface area contributed by atoms with Gasteiger partial charge < -0.3 is 14.8 Å². The van der Waals surface area contributed by atoms with E-state index in [2.05, 4.69) is 29.2 Å². The number of carbonyl (C=O) groups excluding carboxylic acids is 1. The zero-order valence-corrected chi connectivity index (χ0v) is 19.5. The number of aryl methyl sites for hydroxylation is 1. The maximum Gasteiger partial charge on any atom is 0.257 e. The van der Waals surface area contributed by atoms with Gasteiger partial charge in [-0.05, 0) is 39.0 Å². The first-order valence-corrected chi connectivity index (χ1v) is 11.6. The topological polar surface area (TPSA) is 78.3 Å². The molecule has 0 spiro atoms. The molecule has 4 aromatic rings. The van der Waals surface area contributed by atoms with Gasteiger partial charge in [-0.1, -0.05) is 30.0 Å². The van der Waals surface area contributed by atoms with Crippen LogP contribution in [0.3, 0.4) is 0 Å². The van der Waals surface area contributed by atoms with Gasteiger partial charge in [0.25, 0.3) is 5.91 Å². The molecule has 0 saturated heterocycles. The summed E-state index contributed by atoms with van der Waals surface area (Å²) in [6.45, 7) is 6.93. The summed E-state index contributed by atoms with van der Waals surface area (Å²) in [5.41, 5.74) is 2.60. The first-order valence-electron chi connectivity index (χ1n) is 10.8.